The molecule has 0 spiro atoms. The number of allylic oxidation sites excluding steroid dienone is 2. The Hall–Kier alpha value is -0.590. The zero-order valence-corrected chi connectivity index (χ0v) is 11.2. The van der Waals surface area contributed by atoms with Crippen molar-refractivity contribution < 1.29 is 4.79 Å². The first-order valence-electron chi connectivity index (χ1n) is 7.43. The SMILES string of the molecule is CC(=O)CCCCCCCC1CC2C=CC1C2. The minimum absolute atomic E-state index is 0.346. The third-order valence-electron chi connectivity index (χ3n) is 4.52. The molecule has 0 aromatic rings. The number of hydrogen-bond acceptors (Lipinski definition) is 1. The van der Waals surface area contributed by atoms with Crippen molar-refractivity contribution in [3.63, 3.8) is 0 Å². The highest BCUT2D eigenvalue weighted by molar-refractivity contribution is 5.75. The summed E-state index contributed by atoms with van der Waals surface area (Å²) >= 11 is 0. The van der Waals surface area contributed by atoms with Crippen LogP contribution in [0.3, 0.4) is 0 Å². The maximum Gasteiger partial charge on any atom is 0.129 e. The Kier molecular flexibility index (Phi) is 4.82. The predicted octanol–water partition coefficient (Wildman–Crippen LogP) is 4.52. The molecule has 0 saturated heterocycles. The van der Waals surface area contributed by atoms with Gasteiger partial charge >= 0.3 is 0 Å². The summed E-state index contributed by atoms with van der Waals surface area (Å²) in [6, 6.07) is 0. The van der Waals surface area contributed by atoms with E-state index in [9.17, 15) is 4.79 Å². The lowest BCUT2D eigenvalue weighted by Gasteiger charge is -2.17. The Morgan fingerprint density at radius 3 is 2.47 bits per heavy atom. The fourth-order valence-corrected chi connectivity index (χ4v) is 3.54. The molecule has 3 unspecified atom stereocenters. The van der Waals surface area contributed by atoms with Crippen molar-refractivity contribution in [1.29, 1.82) is 0 Å². The van der Waals surface area contributed by atoms with Crippen LogP contribution < -0.4 is 0 Å². The first kappa shape index (κ1) is 12.9. The highest BCUT2D eigenvalue weighted by Crippen LogP contribution is 2.45. The van der Waals surface area contributed by atoms with Gasteiger partial charge < -0.3 is 4.79 Å². The van der Waals surface area contributed by atoms with Crippen LogP contribution in [0.1, 0.15) is 64.7 Å². The maximum absolute atomic E-state index is 10.8. The summed E-state index contributed by atoms with van der Waals surface area (Å²) in [5.41, 5.74) is 0. The highest BCUT2D eigenvalue weighted by atomic mass is 16.1. The number of fused-ring (bicyclic) bond motifs is 2. The third kappa shape index (κ3) is 3.97. The maximum atomic E-state index is 10.8. The Morgan fingerprint density at radius 2 is 1.82 bits per heavy atom. The van der Waals surface area contributed by atoms with Gasteiger partial charge in [0.2, 0.25) is 0 Å². The lowest BCUT2D eigenvalue weighted by Crippen LogP contribution is -2.06. The zero-order chi connectivity index (χ0) is 12.1. The summed E-state index contributed by atoms with van der Waals surface area (Å²) in [5, 5.41) is 0. The van der Waals surface area contributed by atoms with Gasteiger partial charge in [-0.05, 0) is 50.4 Å². The molecule has 0 aromatic heterocycles. The molecule has 2 bridgehead atoms. The van der Waals surface area contributed by atoms with Crippen molar-refractivity contribution in [2.24, 2.45) is 17.8 Å². The smallest absolute Gasteiger partial charge is 0.129 e. The van der Waals surface area contributed by atoms with E-state index in [0.717, 1.165) is 30.6 Å². The molecule has 1 nitrogen and oxygen atoms in total. The standard InChI is InChI=1S/C16H26O/c1-13(17)7-5-3-2-4-6-8-15-11-14-9-10-16(15)12-14/h9-10,14-16H,2-8,11-12H2,1H3. The monoisotopic (exact) mass is 234 g/mol. The van der Waals surface area contributed by atoms with E-state index < -0.39 is 0 Å². The number of rotatable bonds is 8. The molecule has 0 aliphatic heterocycles. The van der Waals surface area contributed by atoms with Crippen LogP contribution in [0.2, 0.25) is 0 Å². The Morgan fingerprint density at radius 1 is 1.06 bits per heavy atom. The number of Topliss-reactive ketones (excluding diaryl/α,β-unsaturated/α-hetero) is 1. The number of unbranched alkanes of at least 4 members (excludes halogenated alkanes) is 4. The zero-order valence-electron chi connectivity index (χ0n) is 11.2. The second-order valence-corrected chi connectivity index (χ2v) is 6.05. The van der Waals surface area contributed by atoms with Crippen molar-refractivity contribution in [2.75, 3.05) is 0 Å². The van der Waals surface area contributed by atoms with Gasteiger partial charge in [0.25, 0.3) is 0 Å². The first-order valence-corrected chi connectivity index (χ1v) is 7.43. The summed E-state index contributed by atoms with van der Waals surface area (Å²) in [6.45, 7) is 1.70. The van der Waals surface area contributed by atoms with Crippen LogP contribution in [0.15, 0.2) is 12.2 Å². The summed E-state index contributed by atoms with van der Waals surface area (Å²) in [7, 11) is 0. The molecule has 0 aromatic carbocycles. The average molecular weight is 234 g/mol. The molecular weight excluding hydrogens is 208 g/mol. The van der Waals surface area contributed by atoms with E-state index >= 15 is 0 Å². The van der Waals surface area contributed by atoms with Gasteiger partial charge in [-0.25, -0.2) is 0 Å². The largest absolute Gasteiger partial charge is 0.300 e. The number of hydrogen-bond donors (Lipinski definition) is 0. The molecule has 1 heteroatoms. The molecular formula is C16H26O. The second kappa shape index (κ2) is 6.37. The Balaban J connectivity index is 1.44. The molecule has 2 rings (SSSR count). The van der Waals surface area contributed by atoms with E-state index in [-0.39, 0.29) is 0 Å². The van der Waals surface area contributed by atoms with Crippen molar-refractivity contribution in [2.45, 2.75) is 64.7 Å². The molecule has 1 saturated carbocycles. The van der Waals surface area contributed by atoms with Gasteiger partial charge in [0.1, 0.15) is 5.78 Å². The number of carbonyl (C=O) groups excluding carboxylic acids is 1. The van der Waals surface area contributed by atoms with Gasteiger partial charge in [0.15, 0.2) is 0 Å². The van der Waals surface area contributed by atoms with Gasteiger partial charge in [-0.2, -0.15) is 0 Å². The van der Waals surface area contributed by atoms with Crippen LogP contribution in [0.25, 0.3) is 0 Å². The van der Waals surface area contributed by atoms with Gasteiger partial charge in [-0.15, -0.1) is 0 Å². The van der Waals surface area contributed by atoms with E-state index in [2.05, 4.69) is 12.2 Å². The summed E-state index contributed by atoms with van der Waals surface area (Å²) < 4.78 is 0. The number of ketones is 1. The molecule has 96 valence electrons. The highest BCUT2D eigenvalue weighted by Gasteiger charge is 2.34. The van der Waals surface area contributed by atoms with Crippen LogP contribution in [-0.4, -0.2) is 5.78 Å². The summed E-state index contributed by atoms with van der Waals surface area (Å²) in [5.74, 6) is 3.21. The van der Waals surface area contributed by atoms with Gasteiger partial charge in [0, 0.05) is 6.42 Å². The Bertz CT molecular complexity index is 279. The second-order valence-electron chi connectivity index (χ2n) is 6.05. The lowest BCUT2D eigenvalue weighted by atomic mass is 9.88. The molecule has 3 atom stereocenters. The first-order chi connectivity index (χ1) is 8.25. The molecule has 1 fully saturated rings. The molecule has 0 radical (unpaired) electrons. The predicted molar refractivity (Wildman–Crippen MR) is 71.8 cm³/mol. The van der Waals surface area contributed by atoms with E-state index in [4.69, 9.17) is 0 Å². The lowest BCUT2D eigenvalue weighted by molar-refractivity contribution is -0.117. The molecule has 0 N–H and O–H groups in total. The summed E-state index contributed by atoms with van der Waals surface area (Å²) in [6.07, 6.45) is 16.5. The van der Waals surface area contributed by atoms with Gasteiger partial charge in [-0.1, -0.05) is 37.8 Å². The molecule has 17 heavy (non-hydrogen) atoms. The van der Waals surface area contributed by atoms with Crippen LogP contribution in [-0.2, 0) is 4.79 Å². The van der Waals surface area contributed by atoms with Gasteiger partial charge in [0.05, 0.1) is 0 Å². The molecule has 0 amide bonds. The Labute approximate surface area is 106 Å². The van der Waals surface area contributed by atoms with E-state index in [1.807, 2.05) is 0 Å². The normalized spacial score (nSPS) is 30.1. The van der Waals surface area contributed by atoms with Crippen LogP contribution in [0.5, 0.6) is 0 Å². The van der Waals surface area contributed by atoms with E-state index in [1.165, 1.54) is 44.9 Å². The van der Waals surface area contributed by atoms with Crippen molar-refractivity contribution in [3.05, 3.63) is 12.2 Å². The quantitative estimate of drug-likeness (QED) is 0.446. The van der Waals surface area contributed by atoms with Gasteiger partial charge in [-0.3, -0.25) is 0 Å². The molecule has 2 aliphatic carbocycles. The van der Waals surface area contributed by atoms with Crippen LogP contribution >= 0.6 is 0 Å². The number of carbonyl (C=O) groups is 1. The molecule has 2 aliphatic rings. The van der Waals surface area contributed by atoms with Crippen molar-refractivity contribution in [3.8, 4) is 0 Å². The van der Waals surface area contributed by atoms with Crippen LogP contribution in [0.4, 0.5) is 0 Å². The fourth-order valence-electron chi connectivity index (χ4n) is 3.54. The minimum atomic E-state index is 0.346. The average Bonchev–Trinajstić information content (AvgIpc) is 2.89. The van der Waals surface area contributed by atoms with Crippen molar-refractivity contribution in [1.82, 2.24) is 0 Å². The van der Waals surface area contributed by atoms with E-state index in [1.54, 1.807) is 6.92 Å². The third-order valence-corrected chi connectivity index (χ3v) is 4.52. The fraction of sp³-hybridized carbons (Fsp3) is 0.812. The molecule has 0 heterocycles. The summed E-state index contributed by atoms with van der Waals surface area (Å²) in [4.78, 5) is 10.8. The van der Waals surface area contributed by atoms with Crippen molar-refractivity contribution >= 4 is 5.78 Å². The minimum Gasteiger partial charge on any atom is -0.300 e. The van der Waals surface area contributed by atoms with E-state index in [0.29, 0.717) is 5.78 Å². The van der Waals surface area contributed by atoms with Crippen LogP contribution in [0, 0.1) is 17.8 Å². The topological polar surface area (TPSA) is 17.1 Å².